The van der Waals surface area contributed by atoms with Crippen LogP contribution in [0.2, 0.25) is 0 Å². The van der Waals surface area contributed by atoms with Gasteiger partial charge in [0.2, 0.25) is 0 Å². The molecule has 8 rings (SSSR count). The van der Waals surface area contributed by atoms with Crippen LogP contribution in [0.25, 0.3) is 0 Å². The molecule has 4 saturated heterocycles. The number of carbonyl (C=O) groups is 3. The number of methoxy groups -OCH3 is 4. The first-order chi connectivity index (χ1) is 35.9. The van der Waals surface area contributed by atoms with Crippen LogP contribution in [0.15, 0.2) is 11.6 Å². The third-order valence-corrected chi connectivity index (χ3v) is 19.0. The van der Waals surface area contributed by atoms with Crippen molar-refractivity contribution in [2.24, 2.45) is 34.5 Å². The summed E-state index contributed by atoms with van der Waals surface area (Å²) in [6, 6.07) is 0. The van der Waals surface area contributed by atoms with Crippen molar-refractivity contribution in [2.45, 2.75) is 262 Å². The highest BCUT2D eigenvalue weighted by atomic mass is 16.8. The Morgan fingerprint density at radius 1 is 0.671 bits per heavy atom. The van der Waals surface area contributed by atoms with E-state index in [4.69, 9.17) is 66.3 Å². The van der Waals surface area contributed by atoms with Gasteiger partial charge < -0.3 is 81.6 Å². The first-order valence-electron chi connectivity index (χ1n) is 27.9. The second-order valence-electron chi connectivity index (χ2n) is 24.0. The second-order valence-corrected chi connectivity index (χ2v) is 24.0. The number of rotatable bonds is 17. The molecule has 0 radical (unpaired) electrons. The number of allylic oxidation sites excluding steroid dienone is 1. The number of fused-ring (bicyclic) bond motifs is 5. The van der Waals surface area contributed by atoms with E-state index in [0.717, 1.165) is 5.57 Å². The lowest BCUT2D eigenvalue weighted by Crippen LogP contribution is -2.72. The van der Waals surface area contributed by atoms with E-state index in [2.05, 4.69) is 13.0 Å². The maximum atomic E-state index is 13.6. The molecule has 0 spiro atoms. The standard InChI is InChI=1S/C56H90O20/c1-26(2)21-40(59)73-52-50(71-32(8)58)44-36(56(62)20-18-35(27(3)57)55(52,56)10)16-15-33-22-34(17-19-54(33,44)9)72-41-23-37(63-11)47(29(5)67-41)74-42-24-38(64-12)48(30(6)68-42)75-43-25-39(65-13)49(31(7)69-43)76-53-46(61)51(66-14)45(60)28(4)70-53/h15,26,28-31,34-39,41-53,60-62H,16-25H2,1-14H3/t28-,29-,30-,31-,34+,35-,36-,37+,38+,39-,41+,42+,43+,44-,45-,46-,47-,48-,49-,50+,51-,52-,53+,54+,55+,56+/m1/s1. The van der Waals surface area contributed by atoms with Gasteiger partial charge in [-0.25, -0.2) is 0 Å². The number of hydrogen-bond acceptors (Lipinski definition) is 20. The van der Waals surface area contributed by atoms with E-state index in [9.17, 15) is 29.7 Å². The minimum Gasteiger partial charge on any atom is -0.458 e. The van der Waals surface area contributed by atoms with Crippen molar-refractivity contribution in [1.29, 1.82) is 0 Å². The Hall–Kier alpha value is -2.25. The molecule has 4 heterocycles. The van der Waals surface area contributed by atoms with Gasteiger partial charge in [-0.15, -0.1) is 0 Å². The molecular weight excluding hydrogens is 993 g/mol. The second kappa shape index (κ2) is 24.1. The maximum Gasteiger partial charge on any atom is 0.306 e. The first kappa shape index (κ1) is 59.9. The van der Waals surface area contributed by atoms with Crippen molar-refractivity contribution in [3.63, 3.8) is 0 Å². The summed E-state index contributed by atoms with van der Waals surface area (Å²) < 4.78 is 87.6. The van der Waals surface area contributed by atoms with Crippen LogP contribution in [0.3, 0.4) is 0 Å². The highest BCUT2D eigenvalue weighted by Crippen LogP contribution is 2.69. The maximum absolute atomic E-state index is 13.6. The molecule has 0 aromatic rings. The number of carbonyl (C=O) groups excluding carboxylic acids is 3. The van der Waals surface area contributed by atoms with Crippen LogP contribution in [0.5, 0.6) is 0 Å². The van der Waals surface area contributed by atoms with Gasteiger partial charge in [-0.1, -0.05) is 39.3 Å². The summed E-state index contributed by atoms with van der Waals surface area (Å²) >= 11 is 0. The summed E-state index contributed by atoms with van der Waals surface area (Å²) in [5.74, 6) is -2.34. The van der Waals surface area contributed by atoms with Crippen LogP contribution in [0, 0.1) is 34.5 Å². The van der Waals surface area contributed by atoms with Crippen LogP contribution >= 0.6 is 0 Å². The summed E-state index contributed by atoms with van der Waals surface area (Å²) in [6.45, 7) is 18.2. The van der Waals surface area contributed by atoms with Gasteiger partial charge in [0.05, 0.1) is 54.4 Å². The molecule has 3 saturated carbocycles. The van der Waals surface area contributed by atoms with Gasteiger partial charge in [0.1, 0.15) is 54.6 Å². The summed E-state index contributed by atoms with van der Waals surface area (Å²) in [4.78, 5) is 40.0. The molecule has 76 heavy (non-hydrogen) atoms. The topological polar surface area (TPSA) is 241 Å². The Bertz CT molecular complexity index is 2040. The molecule has 4 aliphatic heterocycles. The summed E-state index contributed by atoms with van der Waals surface area (Å²) in [6.07, 6.45) is -6.82. The predicted octanol–water partition coefficient (Wildman–Crippen LogP) is 4.85. The lowest BCUT2D eigenvalue weighted by molar-refractivity contribution is -0.355. The zero-order valence-electron chi connectivity index (χ0n) is 47.3. The average molecular weight is 1080 g/mol. The van der Waals surface area contributed by atoms with Crippen LogP contribution in [-0.2, 0) is 80.7 Å². The molecule has 434 valence electrons. The van der Waals surface area contributed by atoms with E-state index in [1.807, 2.05) is 41.5 Å². The highest BCUT2D eigenvalue weighted by molar-refractivity contribution is 5.80. The fourth-order valence-corrected chi connectivity index (χ4v) is 15.1. The van der Waals surface area contributed by atoms with Gasteiger partial charge in [0.15, 0.2) is 25.2 Å². The van der Waals surface area contributed by atoms with E-state index in [0.29, 0.717) is 57.8 Å². The van der Waals surface area contributed by atoms with E-state index in [1.54, 1.807) is 28.3 Å². The number of Topliss-reactive ketones (excluding diaryl/α,β-unsaturated/α-hetero) is 1. The molecule has 20 nitrogen and oxygen atoms in total. The zero-order valence-corrected chi connectivity index (χ0v) is 47.3. The van der Waals surface area contributed by atoms with Crippen molar-refractivity contribution in [3.05, 3.63) is 11.6 Å². The van der Waals surface area contributed by atoms with Crippen molar-refractivity contribution >= 4 is 17.7 Å². The van der Waals surface area contributed by atoms with Crippen LogP contribution in [0.4, 0.5) is 0 Å². The summed E-state index contributed by atoms with van der Waals surface area (Å²) in [5, 5.41) is 34.5. The Morgan fingerprint density at radius 3 is 1.71 bits per heavy atom. The molecular formula is C56H90O20. The molecule has 20 heteroatoms. The predicted molar refractivity (Wildman–Crippen MR) is 269 cm³/mol. The number of ketones is 1. The lowest BCUT2D eigenvalue weighted by Gasteiger charge is -2.64. The SMILES string of the molecule is CO[C@H]1[C@@H](O)[C@H](O[C@@H]2[C@@H](C)O[C@@H](O[C@H]3[C@@H](OC)C[C@H](O[C@H]4[C@@H](OC)C[C@H](O[C@H]5CC[C@@]6(C)C(=CC[C@@H]7[C@@H]6[C@H](OC(C)=O)[C@@H](OC(=O)CC(C)C)[C@]6(C)[C@@H](C(C)=O)CC[C@]76O)C5)O[C@@H]4C)O[C@@H]3C)C[C@H]2OC)O[C@H](C)[C@H]1O. The monoisotopic (exact) mass is 1080 g/mol. The Kier molecular flexibility index (Phi) is 19.0. The normalized spacial score (nSPS) is 48.5. The van der Waals surface area contributed by atoms with E-state index in [1.165, 1.54) is 21.0 Å². The highest BCUT2D eigenvalue weighted by Gasteiger charge is 2.75. The Labute approximate surface area is 449 Å². The smallest absolute Gasteiger partial charge is 0.306 e. The van der Waals surface area contributed by atoms with E-state index < -0.39 is 157 Å². The molecule has 3 N–H and O–H groups in total. The van der Waals surface area contributed by atoms with Gasteiger partial charge in [-0.3, -0.25) is 14.4 Å². The molecule has 0 unspecified atom stereocenters. The molecule has 0 aromatic carbocycles. The lowest BCUT2D eigenvalue weighted by atomic mass is 9.44. The van der Waals surface area contributed by atoms with Gasteiger partial charge in [0.25, 0.3) is 0 Å². The van der Waals surface area contributed by atoms with Crippen molar-refractivity contribution in [1.82, 2.24) is 0 Å². The minimum atomic E-state index is -1.36. The first-order valence-corrected chi connectivity index (χ1v) is 27.9. The van der Waals surface area contributed by atoms with Gasteiger partial charge >= 0.3 is 11.9 Å². The quantitative estimate of drug-likeness (QED) is 0.130. The third-order valence-electron chi connectivity index (χ3n) is 19.0. The molecule has 0 bridgehead atoms. The molecule has 7 fully saturated rings. The number of hydrogen-bond donors (Lipinski definition) is 3. The zero-order chi connectivity index (χ0) is 55.3. The molecule has 8 aliphatic rings. The van der Waals surface area contributed by atoms with E-state index in [-0.39, 0.29) is 30.1 Å². The number of ether oxygens (including phenoxy) is 14. The largest absolute Gasteiger partial charge is 0.458 e. The van der Waals surface area contributed by atoms with Crippen molar-refractivity contribution < 1.29 is 96.0 Å². The average Bonchev–Trinajstić information content (AvgIpc) is 3.88. The summed E-state index contributed by atoms with van der Waals surface area (Å²) in [5.41, 5.74) is -1.94. The van der Waals surface area contributed by atoms with E-state index >= 15 is 0 Å². The fourth-order valence-electron chi connectivity index (χ4n) is 15.1. The molecule has 0 amide bonds. The minimum absolute atomic E-state index is 0.0132. The van der Waals surface area contributed by atoms with Crippen LogP contribution in [-0.4, -0.2) is 190 Å². The van der Waals surface area contributed by atoms with Crippen molar-refractivity contribution in [2.75, 3.05) is 28.4 Å². The number of aliphatic hydroxyl groups excluding tert-OH is 2. The Morgan fingerprint density at radius 2 is 1.21 bits per heavy atom. The van der Waals surface area contributed by atoms with Crippen LogP contribution in [0.1, 0.15) is 133 Å². The fraction of sp³-hybridized carbons (Fsp3) is 0.911. The molecule has 4 aliphatic carbocycles. The third kappa shape index (κ3) is 11.4. The summed E-state index contributed by atoms with van der Waals surface area (Å²) in [7, 11) is 6.27. The van der Waals surface area contributed by atoms with Crippen LogP contribution < -0.4 is 0 Å². The molecule has 26 atom stereocenters. The molecule has 0 aromatic heterocycles. The van der Waals surface area contributed by atoms with Gasteiger partial charge in [-0.2, -0.15) is 0 Å². The van der Waals surface area contributed by atoms with Crippen molar-refractivity contribution in [3.8, 4) is 0 Å². The Balaban J connectivity index is 0.886. The number of aliphatic hydroxyl groups is 3. The number of esters is 2. The van der Waals surface area contributed by atoms with Gasteiger partial charge in [-0.05, 0) is 90.4 Å². The van der Waals surface area contributed by atoms with Gasteiger partial charge in [0, 0.05) is 78.3 Å².